The minimum Gasteiger partial charge on any atom is -0.395 e. The number of nitrogens with one attached hydrogen (secondary N) is 1. The average Bonchev–Trinajstić information content (AvgIpc) is 2.29. The van der Waals surface area contributed by atoms with Crippen LogP contribution in [0.25, 0.3) is 0 Å². The topological polar surface area (TPSA) is 72.2 Å². The van der Waals surface area contributed by atoms with Gasteiger partial charge in [0.05, 0.1) is 15.2 Å². The predicted molar refractivity (Wildman–Crippen MR) is 78.2 cm³/mol. The lowest BCUT2D eigenvalue weighted by molar-refractivity contribution is 0.437. The molecule has 19 heavy (non-hydrogen) atoms. The molecule has 0 aliphatic rings. The molecule has 4 nitrogen and oxygen atoms in total. The second-order valence-electron chi connectivity index (χ2n) is 4.74. The van der Waals surface area contributed by atoms with Gasteiger partial charge in [0.2, 0.25) is 10.0 Å². The van der Waals surface area contributed by atoms with Crippen molar-refractivity contribution in [3.63, 3.8) is 0 Å². The number of nitrogen functional groups attached to an aromatic ring is 1. The van der Waals surface area contributed by atoms with Crippen molar-refractivity contribution >= 4 is 43.2 Å². The summed E-state index contributed by atoms with van der Waals surface area (Å²) in [6.45, 7) is 5.22. The van der Waals surface area contributed by atoms with Crippen molar-refractivity contribution in [3.05, 3.63) is 21.4 Å². The van der Waals surface area contributed by atoms with E-state index in [0.717, 1.165) is 6.07 Å². The van der Waals surface area contributed by atoms with Crippen LogP contribution in [-0.2, 0) is 10.0 Å². The third-order valence-electron chi connectivity index (χ3n) is 2.74. The molecule has 0 heterocycles. The van der Waals surface area contributed by atoms with Gasteiger partial charge in [-0.05, 0) is 42.3 Å². The molecular weight excluding hydrogens is 359 g/mol. The van der Waals surface area contributed by atoms with E-state index in [1.54, 1.807) is 13.8 Å². The fourth-order valence-electron chi connectivity index (χ4n) is 1.29. The first-order chi connectivity index (χ1) is 8.52. The van der Waals surface area contributed by atoms with Gasteiger partial charge >= 0.3 is 0 Å². The Morgan fingerprint density at radius 1 is 1.53 bits per heavy atom. The number of hydrogen-bond acceptors (Lipinski definition) is 3. The molecule has 1 aromatic rings. The normalized spacial score (nSPS) is 12.7. The molecule has 1 rings (SSSR count). The third-order valence-corrected chi connectivity index (χ3v) is 5.82. The fourth-order valence-corrected chi connectivity index (χ4v) is 3.45. The number of rotatable bonds is 4. The van der Waals surface area contributed by atoms with E-state index >= 15 is 0 Å². The lowest BCUT2D eigenvalue weighted by atomic mass is 10.0. The predicted octanol–water partition coefficient (Wildman–Crippen LogP) is 3.29. The largest absolute Gasteiger partial charge is 0.395 e. The van der Waals surface area contributed by atoms with Crippen LogP contribution < -0.4 is 10.5 Å². The lowest BCUT2D eigenvalue weighted by Gasteiger charge is -2.24. The SMILES string of the molecule is CCC(C)(C)NS(=O)(=O)c1cc(Cl)c(Br)c(N)c1F. The molecule has 0 atom stereocenters. The molecule has 1 aromatic carbocycles. The van der Waals surface area contributed by atoms with Crippen molar-refractivity contribution in [1.29, 1.82) is 0 Å². The summed E-state index contributed by atoms with van der Waals surface area (Å²) in [7, 11) is -4.03. The van der Waals surface area contributed by atoms with Crippen LogP contribution in [0.4, 0.5) is 10.1 Å². The Kier molecular flexibility index (Phi) is 4.88. The Morgan fingerprint density at radius 2 is 2.05 bits per heavy atom. The number of anilines is 1. The second-order valence-corrected chi connectivity index (χ2v) is 7.59. The highest BCUT2D eigenvalue weighted by Gasteiger charge is 2.29. The minimum atomic E-state index is -4.03. The number of benzene rings is 1. The standard InChI is InChI=1S/C11H15BrClFN2O2S/c1-4-11(2,3)16-19(17,18)7-5-6(13)8(12)10(15)9(7)14/h5,16H,4,15H2,1-3H3. The average molecular weight is 374 g/mol. The van der Waals surface area contributed by atoms with Gasteiger partial charge in [0, 0.05) is 5.54 Å². The molecule has 0 saturated heterocycles. The van der Waals surface area contributed by atoms with Crippen LogP contribution >= 0.6 is 27.5 Å². The van der Waals surface area contributed by atoms with Crippen molar-refractivity contribution in [2.75, 3.05) is 5.73 Å². The summed E-state index contributed by atoms with van der Waals surface area (Å²) >= 11 is 8.81. The van der Waals surface area contributed by atoms with Gasteiger partial charge in [-0.2, -0.15) is 0 Å². The molecule has 0 saturated carbocycles. The molecule has 0 aliphatic carbocycles. The van der Waals surface area contributed by atoms with Gasteiger partial charge < -0.3 is 5.73 Å². The molecule has 0 fully saturated rings. The maximum atomic E-state index is 14.0. The van der Waals surface area contributed by atoms with Gasteiger partial charge in [0.25, 0.3) is 0 Å². The van der Waals surface area contributed by atoms with Crippen LogP contribution in [0, 0.1) is 5.82 Å². The summed E-state index contributed by atoms with van der Waals surface area (Å²) < 4.78 is 40.9. The zero-order chi connectivity index (χ0) is 15.0. The highest BCUT2D eigenvalue weighted by atomic mass is 79.9. The molecule has 108 valence electrons. The first kappa shape index (κ1) is 16.7. The van der Waals surface area contributed by atoms with Crippen LogP contribution in [0.15, 0.2) is 15.4 Å². The van der Waals surface area contributed by atoms with Crippen molar-refractivity contribution in [2.24, 2.45) is 0 Å². The second kappa shape index (κ2) is 5.55. The third kappa shape index (κ3) is 3.59. The van der Waals surface area contributed by atoms with Crippen molar-refractivity contribution < 1.29 is 12.8 Å². The summed E-state index contributed by atoms with van der Waals surface area (Å²) in [4.78, 5) is -0.556. The Bertz CT molecular complexity index is 605. The molecule has 0 spiro atoms. The molecule has 3 N–H and O–H groups in total. The van der Waals surface area contributed by atoms with E-state index in [1.165, 1.54) is 0 Å². The van der Waals surface area contributed by atoms with Crippen LogP contribution in [0.5, 0.6) is 0 Å². The highest BCUT2D eigenvalue weighted by molar-refractivity contribution is 9.10. The molecule has 0 aromatic heterocycles. The quantitative estimate of drug-likeness (QED) is 0.628. The number of nitrogens with two attached hydrogens (primary N) is 1. The van der Waals surface area contributed by atoms with E-state index in [4.69, 9.17) is 17.3 Å². The number of hydrogen-bond donors (Lipinski definition) is 2. The van der Waals surface area contributed by atoms with E-state index < -0.39 is 26.3 Å². The first-order valence-corrected chi connectivity index (χ1v) is 8.14. The smallest absolute Gasteiger partial charge is 0.244 e. The van der Waals surface area contributed by atoms with E-state index in [2.05, 4.69) is 20.7 Å². The van der Waals surface area contributed by atoms with Crippen LogP contribution in [0.3, 0.4) is 0 Å². The van der Waals surface area contributed by atoms with Gasteiger partial charge in [0.1, 0.15) is 4.90 Å². The molecule has 0 unspecified atom stereocenters. The van der Waals surface area contributed by atoms with Crippen molar-refractivity contribution in [2.45, 2.75) is 37.6 Å². The maximum Gasteiger partial charge on any atom is 0.244 e. The van der Waals surface area contributed by atoms with Crippen LogP contribution in [-0.4, -0.2) is 14.0 Å². The van der Waals surface area contributed by atoms with Gasteiger partial charge in [0.15, 0.2) is 5.82 Å². The number of sulfonamides is 1. The fraction of sp³-hybridized carbons (Fsp3) is 0.455. The molecule has 0 bridgehead atoms. The number of halogens is 3. The van der Waals surface area contributed by atoms with Crippen LogP contribution in [0.2, 0.25) is 5.02 Å². The first-order valence-electron chi connectivity index (χ1n) is 5.49. The molecule has 0 aliphatic heterocycles. The van der Waals surface area contributed by atoms with E-state index in [9.17, 15) is 12.8 Å². The van der Waals surface area contributed by atoms with Gasteiger partial charge in [-0.1, -0.05) is 18.5 Å². The van der Waals surface area contributed by atoms with Crippen molar-refractivity contribution in [1.82, 2.24) is 4.72 Å². The summed E-state index contributed by atoms with van der Waals surface area (Å²) in [5.41, 5.74) is 4.45. The molecule has 0 radical (unpaired) electrons. The zero-order valence-corrected chi connectivity index (χ0v) is 13.9. The Hall–Kier alpha value is -0.370. The van der Waals surface area contributed by atoms with Crippen molar-refractivity contribution in [3.8, 4) is 0 Å². The summed E-state index contributed by atoms with van der Waals surface area (Å²) in [5.74, 6) is -1.02. The highest BCUT2D eigenvalue weighted by Crippen LogP contribution is 2.35. The zero-order valence-electron chi connectivity index (χ0n) is 10.7. The summed E-state index contributed by atoms with van der Waals surface area (Å²) in [5, 5.41) is 0.0357. The van der Waals surface area contributed by atoms with E-state index in [0.29, 0.717) is 6.42 Å². The van der Waals surface area contributed by atoms with Gasteiger partial charge in [-0.15, -0.1) is 0 Å². The molecule has 0 amide bonds. The minimum absolute atomic E-state index is 0.0357. The molecule has 8 heteroatoms. The van der Waals surface area contributed by atoms with E-state index in [-0.39, 0.29) is 15.2 Å². The summed E-state index contributed by atoms with van der Waals surface area (Å²) in [6.07, 6.45) is 0.549. The Balaban J connectivity index is 3.39. The Labute approximate surface area is 125 Å². The monoisotopic (exact) mass is 372 g/mol. The Morgan fingerprint density at radius 3 is 2.53 bits per heavy atom. The van der Waals surface area contributed by atoms with E-state index in [1.807, 2.05) is 6.92 Å². The van der Waals surface area contributed by atoms with Gasteiger partial charge in [-0.3, -0.25) is 0 Å². The lowest BCUT2D eigenvalue weighted by Crippen LogP contribution is -2.43. The van der Waals surface area contributed by atoms with Gasteiger partial charge in [-0.25, -0.2) is 17.5 Å². The summed E-state index contributed by atoms with van der Waals surface area (Å²) in [6, 6.07) is 1.03. The molecular formula is C11H15BrClFN2O2S. The maximum absolute atomic E-state index is 14.0. The van der Waals surface area contributed by atoms with Crippen LogP contribution in [0.1, 0.15) is 27.2 Å².